The van der Waals surface area contributed by atoms with Gasteiger partial charge in [0.15, 0.2) is 0 Å². The summed E-state index contributed by atoms with van der Waals surface area (Å²) < 4.78 is 26.8. The van der Waals surface area contributed by atoms with Crippen molar-refractivity contribution in [2.75, 3.05) is 69.2 Å². The second-order valence-electron chi connectivity index (χ2n) is 29.2. The van der Waals surface area contributed by atoms with Crippen LogP contribution >= 0.6 is 69.6 Å². The number of benzene rings is 6. The van der Waals surface area contributed by atoms with E-state index >= 15 is 0 Å². The number of carbonyl (C=O) groups is 7. The molecule has 0 spiro atoms. The Labute approximate surface area is 715 Å². The second-order valence-corrected chi connectivity index (χ2v) is 31.7. The van der Waals surface area contributed by atoms with Crippen molar-refractivity contribution in [2.24, 2.45) is 0 Å². The number of halogens is 6. The van der Waals surface area contributed by atoms with E-state index in [-0.39, 0.29) is 84.5 Å². The molecule has 624 valence electrons. The number of aliphatic hydroxyl groups is 1. The summed E-state index contributed by atoms with van der Waals surface area (Å²) in [7, 11) is 2.51. The molecule has 0 radical (unpaired) electrons. The molecule has 24 nitrogen and oxygen atoms in total. The van der Waals surface area contributed by atoms with Crippen LogP contribution in [0.5, 0.6) is 17.2 Å². The van der Waals surface area contributed by atoms with Gasteiger partial charge in [-0.25, -0.2) is 34.1 Å². The number of nitrogens with zero attached hydrogens (tertiary/aromatic N) is 4. The topological polar surface area (TPSA) is 328 Å². The van der Waals surface area contributed by atoms with Crippen molar-refractivity contribution in [3.8, 4) is 17.2 Å². The van der Waals surface area contributed by atoms with Gasteiger partial charge in [0.25, 0.3) is 17.7 Å². The summed E-state index contributed by atoms with van der Waals surface area (Å²) in [5.74, 6) is 1.42. The number of aromatic hydroxyl groups is 1. The predicted molar refractivity (Wildman–Crippen MR) is 458 cm³/mol. The van der Waals surface area contributed by atoms with Crippen LogP contribution in [0.15, 0.2) is 164 Å². The normalized spacial score (nSPS) is 15.1. The van der Waals surface area contributed by atoms with E-state index in [1.807, 2.05) is 63.2 Å². The number of carbonyl (C=O) groups excluding carboxylic acids is 6. The molecule has 30 heteroatoms. The van der Waals surface area contributed by atoms with Crippen LogP contribution in [-0.2, 0) is 67.1 Å². The number of nitrogens with one attached hydrogen (secondary N) is 5. The highest BCUT2D eigenvalue weighted by atomic mass is 35.5. The Balaban J connectivity index is 0.000000184. The van der Waals surface area contributed by atoms with Crippen LogP contribution in [0.25, 0.3) is 0 Å². The number of anilines is 3. The summed E-state index contributed by atoms with van der Waals surface area (Å²) in [6, 6.07) is 44.3. The zero-order valence-corrected chi connectivity index (χ0v) is 71.0. The number of hydrogen-bond donors (Lipinski definition) is 8. The van der Waals surface area contributed by atoms with Gasteiger partial charge in [-0.2, -0.15) is 0 Å². The molecule has 3 aliphatic heterocycles. The van der Waals surface area contributed by atoms with Gasteiger partial charge < -0.3 is 65.6 Å². The number of phenolic OH excluding ortho intramolecular Hbond substituents is 1. The third-order valence-corrected chi connectivity index (χ3v) is 21.3. The molecule has 0 bridgehead atoms. The van der Waals surface area contributed by atoms with Crippen molar-refractivity contribution < 1.29 is 72.6 Å². The third-order valence-electron chi connectivity index (χ3n) is 19.4. The van der Waals surface area contributed by atoms with Crippen molar-refractivity contribution >= 4 is 129 Å². The van der Waals surface area contributed by atoms with Crippen LogP contribution in [0, 0.1) is 0 Å². The fraction of sp³-hybridized carbons (Fsp3) is 0.341. The number of ether oxygens (including phenoxy) is 5. The Morgan fingerprint density at radius 3 is 1.21 bits per heavy atom. The molecule has 6 heterocycles. The van der Waals surface area contributed by atoms with Crippen LogP contribution in [0.1, 0.15) is 160 Å². The molecule has 0 fully saturated rings. The number of aliphatic hydroxyl groups excluding tert-OH is 1. The molecule has 8 N–H and O–H groups in total. The molecule has 6 atom stereocenters. The smallest absolute Gasteiger partial charge is 0.416 e. The molecule has 6 aromatic carbocycles. The largest absolute Gasteiger partial charge is 0.508 e. The van der Waals surface area contributed by atoms with Crippen LogP contribution in [0.4, 0.5) is 22.2 Å². The summed E-state index contributed by atoms with van der Waals surface area (Å²) in [5, 5.41) is 43.6. The summed E-state index contributed by atoms with van der Waals surface area (Å²) in [6.45, 7) is 15.6. The van der Waals surface area contributed by atoms with Gasteiger partial charge in [-0.15, -0.1) is 0 Å². The first-order chi connectivity index (χ1) is 56.4. The lowest BCUT2D eigenvalue weighted by Gasteiger charge is -2.33. The van der Waals surface area contributed by atoms with E-state index in [0.29, 0.717) is 74.1 Å². The lowest BCUT2D eigenvalue weighted by Crippen LogP contribution is -2.43. The number of aromatic nitrogens is 3. The van der Waals surface area contributed by atoms with Gasteiger partial charge in [-0.05, 0) is 182 Å². The predicted octanol–water partition coefficient (Wildman–Crippen LogP) is 16.9. The molecule has 9 aromatic rings. The molecular formula is C88H95Cl6N9O15. The van der Waals surface area contributed by atoms with E-state index in [0.717, 1.165) is 83.3 Å². The molecule has 4 amide bonds. The quantitative estimate of drug-likeness (QED) is 0.0195. The number of aliphatic carboxylic acids is 1. The van der Waals surface area contributed by atoms with Gasteiger partial charge in [-0.3, -0.25) is 19.3 Å². The Kier molecular flexibility index (Phi) is 34.0. The summed E-state index contributed by atoms with van der Waals surface area (Å²) >= 11 is 36.4. The van der Waals surface area contributed by atoms with Crippen molar-refractivity contribution in [3.63, 3.8) is 0 Å². The maximum absolute atomic E-state index is 12.8. The van der Waals surface area contributed by atoms with Gasteiger partial charge in [0.05, 0.1) is 74.3 Å². The van der Waals surface area contributed by atoms with E-state index in [4.69, 9.17) is 108 Å². The van der Waals surface area contributed by atoms with Gasteiger partial charge in [0.2, 0.25) is 0 Å². The lowest BCUT2D eigenvalue weighted by molar-refractivity contribution is -0.143. The number of carboxylic acid groups (broad SMARTS) is 1. The molecule has 118 heavy (non-hydrogen) atoms. The molecule has 0 saturated heterocycles. The summed E-state index contributed by atoms with van der Waals surface area (Å²) in [6.07, 6.45) is 5.13. The number of hydrogen-bond acceptors (Lipinski definition) is 19. The van der Waals surface area contributed by atoms with Crippen LogP contribution in [0.2, 0.25) is 30.1 Å². The monoisotopic (exact) mass is 1730 g/mol. The Hall–Kier alpha value is -10.4. The number of pyridine rings is 3. The average Bonchev–Trinajstić information content (AvgIpc) is 0.783. The summed E-state index contributed by atoms with van der Waals surface area (Å²) in [5.41, 5.74) is 8.36. The third kappa shape index (κ3) is 26.3. The van der Waals surface area contributed by atoms with E-state index in [1.54, 1.807) is 71.6 Å². The zero-order chi connectivity index (χ0) is 85.3. The van der Waals surface area contributed by atoms with E-state index in [2.05, 4.69) is 70.5 Å². The molecule has 3 aliphatic rings. The molecule has 0 aliphatic carbocycles. The first kappa shape index (κ1) is 91.5. The van der Waals surface area contributed by atoms with Crippen molar-refractivity contribution in [1.82, 2.24) is 30.9 Å². The summed E-state index contributed by atoms with van der Waals surface area (Å²) in [4.78, 5) is 102. The Morgan fingerprint density at radius 1 is 0.483 bits per heavy atom. The first-order valence-electron chi connectivity index (χ1n) is 38.3. The van der Waals surface area contributed by atoms with Gasteiger partial charge in [-0.1, -0.05) is 163 Å². The number of phenols is 1. The number of carboxylic acids is 1. The minimum atomic E-state index is -1.16. The molecule has 3 aromatic heterocycles. The minimum absolute atomic E-state index is 0.0494. The van der Waals surface area contributed by atoms with Gasteiger partial charge in [0.1, 0.15) is 58.4 Å². The average molecular weight is 1730 g/mol. The van der Waals surface area contributed by atoms with Crippen LogP contribution in [0.3, 0.4) is 0 Å². The van der Waals surface area contributed by atoms with E-state index < -0.39 is 59.4 Å². The number of rotatable bonds is 25. The van der Waals surface area contributed by atoms with E-state index in [9.17, 15) is 43.8 Å². The zero-order valence-electron chi connectivity index (χ0n) is 66.5. The number of amides is 4. The minimum Gasteiger partial charge on any atom is -0.508 e. The van der Waals surface area contributed by atoms with Crippen molar-refractivity contribution in [3.05, 3.63) is 261 Å². The van der Waals surface area contributed by atoms with Gasteiger partial charge >= 0.3 is 24.0 Å². The number of methoxy groups -OCH3 is 2. The lowest BCUT2D eigenvalue weighted by atomic mass is 9.94. The SMILES string of the molecule is CC1CCN(C(=O)OC(C)(C)C)c2nc(CCO)ccc21.CC1CCNc2nc(CCOc3ccc(C[C@H](NC(=O)c4c(Cl)cccc4Cl)C(=O)O)cc3)ccc21.COC(=O)[C@H](Cc1ccc(O)cc1)NC(=O)c1c(Cl)cccc1Cl.COC(=O)[C@H](Cc1ccc(OCCc2ccc3c(n2)NCCC3C)cc1)NC(=O)c1c(Cl)cccc1Cl. The Morgan fingerprint density at radius 2 is 0.839 bits per heavy atom. The Bertz CT molecular complexity index is 4920. The fourth-order valence-electron chi connectivity index (χ4n) is 13.0. The maximum atomic E-state index is 12.8. The highest BCUT2D eigenvalue weighted by molar-refractivity contribution is 6.41. The highest BCUT2D eigenvalue weighted by Crippen LogP contribution is 2.37. The van der Waals surface area contributed by atoms with Gasteiger partial charge in [0, 0.05) is 81.8 Å². The molecule has 3 unspecified atom stereocenters. The molecule has 0 saturated carbocycles. The second kappa shape index (κ2) is 43.8. The number of fused-ring (bicyclic) bond motifs is 3. The standard InChI is InChI=1S/C28H29Cl2N3O4.C27H27Cl2N3O4.C17H15Cl2NO4.C16H24N2O3/c1-17-12-14-31-26-21(17)11-8-19(32-26)13-15-37-20-9-6-18(7-10-20)16-24(28(35)36-2)33-27(34)25-22(29)4-3-5-23(25)30;1-16-11-13-30-25-20(16)10-7-18(31-25)12-14-36-19-8-5-17(6-9-19)15-23(27(34)35)32-26(33)24-21(28)3-2-4-22(24)29;1-24-17(23)14(9-10-5-7-11(21)8-6-10)20-16(22)15-12(18)3-2-4-13(15)19;1-11-7-9-18(15(20)21-16(2,3)4)14-13(11)6-5-12(17-14)8-10-19/h3-11,17,24H,12-16H2,1-2H3,(H,31,32)(H,33,34);2-10,16,23H,11-15H2,1H3,(H,30,31)(H,32,33)(H,34,35);2-8,14,21H,9H2,1H3,(H,20,22);5-6,11,19H,7-10H2,1-4H3/t17?,24-;16?,23-;14-;/m000./s1. The molecule has 12 rings (SSSR count). The van der Waals surface area contributed by atoms with Crippen LogP contribution in [-0.4, -0.2) is 149 Å². The van der Waals surface area contributed by atoms with Crippen LogP contribution < -0.4 is 41.0 Å². The number of esters is 2. The van der Waals surface area contributed by atoms with Crippen molar-refractivity contribution in [1.29, 1.82) is 0 Å². The van der Waals surface area contributed by atoms with Crippen molar-refractivity contribution in [2.45, 2.75) is 141 Å². The maximum Gasteiger partial charge on any atom is 0.416 e. The highest BCUT2D eigenvalue weighted by Gasteiger charge is 2.33. The molecular weight excluding hydrogens is 1640 g/mol. The fourth-order valence-corrected chi connectivity index (χ4v) is 14.7. The first-order valence-corrected chi connectivity index (χ1v) is 40.6. The van der Waals surface area contributed by atoms with E-state index in [1.165, 1.54) is 61.7 Å².